The molecule has 14 heteroatoms. The first kappa shape index (κ1) is 62.3. The molecule has 2 saturated heterocycles. The zero-order valence-corrected chi connectivity index (χ0v) is 47.6. The number of esters is 1. The minimum Gasteiger partial charge on any atom is -0.462 e. The number of rotatable bonds is 20. The highest BCUT2D eigenvalue weighted by Gasteiger charge is 2.48. The Labute approximate surface area is 445 Å². The fraction of sp³-hybridized carbons (Fsp3) is 0.583. The molecule has 0 bridgehead atoms. The number of aliphatic hydroxyl groups excluding tert-OH is 1. The average Bonchev–Trinajstić information content (AvgIpc) is 3.33. The van der Waals surface area contributed by atoms with E-state index in [4.69, 9.17) is 36.5 Å². The SMILES string of the molecule is CC(ON(C(c1ccccc1)C(C)C)C(C)(C)C)c1ccc(NCN)cc1.CC1(C)CC(O)CC(C)(C)N1OC(COC(=O)CN)c1ccccc1.CC1(C)CCCC(C)(C)N1OC(CNCN)c1ccccc1. The first-order valence-electron chi connectivity index (χ1n) is 26.8. The molecule has 0 amide bonds. The Hall–Kier alpha value is -4.29. The molecule has 0 saturated carbocycles. The number of anilines is 1. The summed E-state index contributed by atoms with van der Waals surface area (Å²) in [7, 11) is 0. The number of nitrogens with two attached hydrogens (primary N) is 3. The molecule has 6 rings (SSSR count). The van der Waals surface area contributed by atoms with Gasteiger partial charge in [0.2, 0.25) is 0 Å². The van der Waals surface area contributed by atoms with Crippen molar-refractivity contribution in [3.8, 4) is 0 Å². The van der Waals surface area contributed by atoms with Crippen molar-refractivity contribution >= 4 is 11.7 Å². The maximum absolute atomic E-state index is 11.5. The van der Waals surface area contributed by atoms with Crippen LogP contribution in [0.3, 0.4) is 0 Å². The smallest absolute Gasteiger partial charge is 0.319 e. The van der Waals surface area contributed by atoms with Gasteiger partial charge >= 0.3 is 5.97 Å². The molecule has 9 N–H and O–H groups in total. The van der Waals surface area contributed by atoms with Crippen molar-refractivity contribution in [1.82, 2.24) is 20.5 Å². The van der Waals surface area contributed by atoms with E-state index < -0.39 is 12.1 Å². The summed E-state index contributed by atoms with van der Waals surface area (Å²) in [5.74, 6) is -0.0490. The van der Waals surface area contributed by atoms with Gasteiger partial charge in [0.1, 0.15) is 24.9 Å². The summed E-state index contributed by atoms with van der Waals surface area (Å²) in [6.07, 6.45) is 3.89. The van der Waals surface area contributed by atoms with Crippen LogP contribution in [0.2, 0.25) is 0 Å². The van der Waals surface area contributed by atoms with E-state index >= 15 is 0 Å². The Morgan fingerprint density at radius 1 is 0.662 bits per heavy atom. The molecule has 14 nitrogen and oxygen atoms in total. The van der Waals surface area contributed by atoms with Crippen LogP contribution < -0.4 is 27.8 Å². The number of hydroxylamine groups is 6. The van der Waals surface area contributed by atoms with Crippen LogP contribution in [-0.2, 0) is 24.0 Å². The molecule has 74 heavy (non-hydrogen) atoms. The van der Waals surface area contributed by atoms with Gasteiger partial charge in [-0.15, -0.1) is 0 Å². The van der Waals surface area contributed by atoms with E-state index in [2.05, 4.69) is 157 Å². The van der Waals surface area contributed by atoms with E-state index in [1.54, 1.807) is 0 Å². The van der Waals surface area contributed by atoms with Crippen molar-refractivity contribution < 1.29 is 29.2 Å². The number of aliphatic hydroxyl groups is 1. The number of carbonyl (C=O) groups is 1. The summed E-state index contributed by atoms with van der Waals surface area (Å²) >= 11 is 0. The highest BCUT2D eigenvalue weighted by Crippen LogP contribution is 2.43. The third-order valence-corrected chi connectivity index (χ3v) is 13.7. The van der Waals surface area contributed by atoms with Crippen molar-refractivity contribution in [3.63, 3.8) is 0 Å². The molecule has 4 aromatic rings. The van der Waals surface area contributed by atoms with Crippen LogP contribution in [0.25, 0.3) is 0 Å². The third kappa shape index (κ3) is 18.5. The summed E-state index contributed by atoms with van der Waals surface area (Å²) in [6, 6.07) is 39.1. The molecule has 4 atom stereocenters. The number of nitrogens with one attached hydrogen (secondary N) is 2. The van der Waals surface area contributed by atoms with Gasteiger partial charge in [0, 0.05) is 46.6 Å². The van der Waals surface area contributed by atoms with E-state index in [-0.39, 0.29) is 65.2 Å². The predicted octanol–water partition coefficient (Wildman–Crippen LogP) is 10.9. The largest absolute Gasteiger partial charge is 0.462 e. The van der Waals surface area contributed by atoms with Gasteiger partial charge in [0.25, 0.3) is 0 Å². The topological polar surface area (TPSA) is 186 Å². The first-order chi connectivity index (χ1) is 34.8. The van der Waals surface area contributed by atoms with E-state index in [0.29, 0.717) is 38.6 Å². The van der Waals surface area contributed by atoms with Crippen LogP contribution in [0.15, 0.2) is 115 Å². The molecule has 2 aliphatic rings. The van der Waals surface area contributed by atoms with Crippen LogP contribution in [-0.4, -0.2) is 93.1 Å². The second-order valence-corrected chi connectivity index (χ2v) is 23.7. The van der Waals surface area contributed by atoms with Crippen molar-refractivity contribution in [2.24, 2.45) is 23.1 Å². The highest BCUT2D eigenvalue weighted by atomic mass is 16.7. The predicted molar refractivity (Wildman–Crippen MR) is 301 cm³/mol. The van der Waals surface area contributed by atoms with Crippen LogP contribution in [0, 0.1) is 5.92 Å². The van der Waals surface area contributed by atoms with Gasteiger partial charge in [-0.25, -0.2) is 0 Å². The van der Waals surface area contributed by atoms with Gasteiger partial charge in [-0.3, -0.25) is 19.3 Å². The molecule has 2 heterocycles. The minimum atomic E-state index is -0.461. The molecule has 0 radical (unpaired) electrons. The lowest BCUT2D eigenvalue weighted by molar-refractivity contribution is -0.320. The van der Waals surface area contributed by atoms with Gasteiger partial charge in [-0.1, -0.05) is 117 Å². The third-order valence-electron chi connectivity index (χ3n) is 13.7. The fourth-order valence-electron chi connectivity index (χ4n) is 10.5. The molecule has 0 spiro atoms. The maximum atomic E-state index is 11.5. The van der Waals surface area contributed by atoms with Crippen molar-refractivity contribution in [1.29, 1.82) is 0 Å². The van der Waals surface area contributed by atoms with Crippen LogP contribution in [0.4, 0.5) is 5.69 Å². The Bertz CT molecular complexity index is 2170. The number of benzene rings is 4. The lowest BCUT2D eigenvalue weighted by Gasteiger charge is -2.53. The number of carbonyl (C=O) groups excluding carboxylic acids is 1. The molecule has 4 unspecified atom stereocenters. The average molecular weight is 1030 g/mol. The lowest BCUT2D eigenvalue weighted by atomic mass is 9.80. The molecule has 2 aliphatic heterocycles. The molecule has 4 aromatic carbocycles. The first-order valence-corrected chi connectivity index (χ1v) is 26.8. The van der Waals surface area contributed by atoms with E-state index in [9.17, 15) is 9.90 Å². The Morgan fingerprint density at radius 3 is 1.57 bits per heavy atom. The normalized spacial score (nSPS) is 19.2. The summed E-state index contributed by atoms with van der Waals surface area (Å²) in [5.41, 5.74) is 21.3. The van der Waals surface area contributed by atoms with Crippen LogP contribution >= 0.6 is 0 Å². The minimum absolute atomic E-state index is 0.0265. The molecular formula is C60H96N8O6. The van der Waals surface area contributed by atoms with Gasteiger partial charge in [-0.05, 0) is 155 Å². The molecule has 412 valence electrons. The molecular weight excluding hydrogens is 929 g/mol. The molecule has 0 aliphatic carbocycles. The molecule has 0 aromatic heterocycles. The Morgan fingerprint density at radius 2 is 1.12 bits per heavy atom. The van der Waals surface area contributed by atoms with Crippen molar-refractivity contribution in [2.75, 3.05) is 38.4 Å². The number of piperidine rings is 2. The standard InChI is InChI=1S/C23H35N3O.C19H30N2O4.C18H31N3O/c1-17(2)22(20-10-8-7-9-11-20)26(23(4,5)6)27-18(3)19-12-14-21(15-13-19)25-16-24;1-18(2)10-15(22)11-19(3,4)21(18)25-16(13-24-17(23)12-20)14-8-6-5-7-9-14;1-17(2)11-8-12-18(3,4)21(17)22-16(13-20-14-19)15-9-6-5-7-10-15/h7-15,17-18,22,25H,16,24H2,1-6H3;5-9,15-16,22H,10-13,20H2,1-4H3;5-7,9-10,16,20H,8,11-14,19H2,1-4H3. The van der Waals surface area contributed by atoms with E-state index in [1.807, 2.05) is 81.3 Å². The van der Waals surface area contributed by atoms with E-state index in [0.717, 1.165) is 29.7 Å². The van der Waals surface area contributed by atoms with Gasteiger partial charge < -0.3 is 37.7 Å². The quantitative estimate of drug-likeness (QED) is 0.0279. The Kier molecular flexibility index (Phi) is 23.7. The lowest BCUT2D eigenvalue weighted by Crippen LogP contribution is -2.61. The van der Waals surface area contributed by atoms with Crippen LogP contribution in [0.1, 0.15) is 176 Å². The van der Waals surface area contributed by atoms with Gasteiger partial charge in [0.15, 0.2) is 0 Å². The summed E-state index contributed by atoms with van der Waals surface area (Å²) in [6.45, 7) is 32.0. The van der Waals surface area contributed by atoms with Gasteiger partial charge in [0.05, 0.1) is 25.4 Å². The number of nitrogens with zero attached hydrogens (tertiary/aromatic N) is 3. The fourth-order valence-corrected chi connectivity index (χ4v) is 10.5. The van der Waals surface area contributed by atoms with Crippen molar-refractivity contribution in [2.45, 2.75) is 187 Å². The molecule has 2 fully saturated rings. The number of hydrogen-bond acceptors (Lipinski definition) is 14. The summed E-state index contributed by atoms with van der Waals surface area (Å²) in [5, 5.41) is 22.9. The van der Waals surface area contributed by atoms with E-state index in [1.165, 1.54) is 17.5 Å². The summed E-state index contributed by atoms with van der Waals surface area (Å²) < 4.78 is 5.24. The Balaban J connectivity index is 0.000000242. The monoisotopic (exact) mass is 1020 g/mol. The number of hydrogen-bond donors (Lipinski definition) is 6. The summed E-state index contributed by atoms with van der Waals surface area (Å²) in [4.78, 5) is 30.9. The highest BCUT2D eigenvalue weighted by molar-refractivity contribution is 5.71. The maximum Gasteiger partial charge on any atom is 0.319 e. The zero-order chi connectivity index (χ0) is 54.9. The van der Waals surface area contributed by atoms with Crippen LogP contribution in [0.5, 0.6) is 0 Å². The zero-order valence-electron chi connectivity index (χ0n) is 47.6. The van der Waals surface area contributed by atoms with Gasteiger partial charge in [-0.2, -0.15) is 15.2 Å². The van der Waals surface area contributed by atoms with Crippen molar-refractivity contribution in [3.05, 3.63) is 138 Å². The second-order valence-electron chi connectivity index (χ2n) is 23.7. The number of ether oxygens (including phenoxy) is 1. The second kappa shape index (κ2) is 28.2.